The lowest BCUT2D eigenvalue weighted by atomic mass is 9.94. The molecule has 5 nitrogen and oxygen atoms in total. The van der Waals surface area contributed by atoms with E-state index < -0.39 is 17.3 Å². The Kier molecular flexibility index (Phi) is 4.95. The van der Waals surface area contributed by atoms with Gasteiger partial charge in [0.2, 0.25) is 0 Å². The number of ether oxygens (including phenoxy) is 3. The van der Waals surface area contributed by atoms with E-state index in [1.165, 1.54) is 0 Å². The molecular formula is C20H22O5. The van der Waals surface area contributed by atoms with Gasteiger partial charge in [0.15, 0.2) is 0 Å². The van der Waals surface area contributed by atoms with Gasteiger partial charge in [0.25, 0.3) is 0 Å². The van der Waals surface area contributed by atoms with Gasteiger partial charge in [-0.05, 0) is 30.2 Å². The van der Waals surface area contributed by atoms with Crippen LogP contribution >= 0.6 is 0 Å². The van der Waals surface area contributed by atoms with Crippen LogP contribution in [0.5, 0.6) is 11.5 Å². The summed E-state index contributed by atoms with van der Waals surface area (Å²) in [7, 11) is 3.24. The molecule has 2 unspecified atom stereocenters. The van der Waals surface area contributed by atoms with Crippen molar-refractivity contribution in [2.45, 2.75) is 18.4 Å². The van der Waals surface area contributed by atoms with Crippen molar-refractivity contribution in [3.05, 3.63) is 59.7 Å². The predicted molar refractivity (Wildman–Crippen MR) is 93.1 cm³/mol. The van der Waals surface area contributed by atoms with Gasteiger partial charge in [-0.1, -0.05) is 30.3 Å². The maximum absolute atomic E-state index is 11.5. The lowest BCUT2D eigenvalue weighted by Gasteiger charge is -2.19. The predicted octanol–water partition coefficient (Wildman–Crippen LogP) is 3.26. The van der Waals surface area contributed by atoms with Crippen molar-refractivity contribution >= 4 is 5.97 Å². The summed E-state index contributed by atoms with van der Waals surface area (Å²) in [4.78, 5) is 11.5. The van der Waals surface area contributed by atoms with E-state index in [0.717, 1.165) is 16.9 Å². The van der Waals surface area contributed by atoms with Gasteiger partial charge in [0, 0.05) is 18.1 Å². The summed E-state index contributed by atoms with van der Waals surface area (Å²) in [6, 6.07) is 15.3. The van der Waals surface area contributed by atoms with E-state index in [9.17, 15) is 9.90 Å². The molecule has 2 aromatic carbocycles. The van der Waals surface area contributed by atoms with Gasteiger partial charge in [0.05, 0.1) is 26.2 Å². The van der Waals surface area contributed by atoms with Crippen LogP contribution in [-0.2, 0) is 21.6 Å². The molecule has 2 aromatic rings. The molecule has 5 heteroatoms. The first-order valence-electron chi connectivity index (χ1n) is 8.17. The summed E-state index contributed by atoms with van der Waals surface area (Å²) in [6.07, 6.45) is 0.591. The lowest BCUT2D eigenvalue weighted by Crippen LogP contribution is -2.23. The number of carboxylic acids is 1. The molecule has 1 fully saturated rings. The van der Waals surface area contributed by atoms with Crippen molar-refractivity contribution in [2.75, 3.05) is 20.8 Å². The fraction of sp³-hybridized carbons (Fsp3) is 0.350. The second-order valence-corrected chi connectivity index (χ2v) is 6.31. The van der Waals surface area contributed by atoms with E-state index in [2.05, 4.69) is 0 Å². The zero-order chi connectivity index (χ0) is 17.9. The highest BCUT2D eigenvalue weighted by atomic mass is 16.5. The van der Waals surface area contributed by atoms with E-state index in [1.807, 2.05) is 48.5 Å². The number of benzene rings is 2. The molecule has 3 rings (SSSR count). The van der Waals surface area contributed by atoms with Crippen LogP contribution in [0.25, 0.3) is 0 Å². The average Bonchev–Trinajstić information content (AvgIpc) is 3.38. The zero-order valence-electron chi connectivity index (χ0n) is 14.4. The van der Waals surface area contributed by atoms with Crippen molar-refractivity contribution in [3.8, 4) is 11.5 Å². The highest BCUT2D eigenvalue weighted by Gasteiger charge is 2.60. The molecule has 0 heterocycles. The van der Waals surface area contributed by atoms with Crippen molar-refractivity contribution in [1.82, 2.24) is 0 Å². The van der Waals surface area contributed by atoms with Gasteiger partial charge in [-0.3, -0.25) is 4.79 Å². The minimum atomic E-state index is -0.776. The summed E-state index contributed by atoms with van der Waals surface area (Å²) in [5.74, 6) is 0.231. The van der Waals surface area contributed by atoms with Crippen LogP contribution in [0.3, 0.4) is 0 Å². The fourth-order valence-electron chi connectivity index (χ4n) is 3.29. The highest BCUT2D eigenvalue weighted by molar-refractivity contribution is 5.77. The largest absolute Gasteiger partial charge is 0.496 e. The minimum absolute atomic E-state index is 0.326. The van der Waals surface area contributed by atoms with E-state index in [4.69, 9.17) is 14.2 Å². The first kappa shape index (κ1) is 17.3. The third-order valence-corrected chi connectivity index (χ3v) is 4.77. The number of carboxylic acid groups (broad SMARTS) is 1. The molecule has 1 aliphatic carbocycles. The monoisotopic (exact) mass is 342 g/mol. The Hall–Kier alpha value is -2.53. The van der Waals surface area contributed by atoms with Crippen LogP contribution in [0, 0.1) is 5.92 Å². The van der Waals surface area contributed by atoms with E-state index in [-0.39, 0.29) is 0 Å². The van der Waals surface area contributed by atoms with E-state index in [0.29, 0.717) is 25.4 Å². The summed E-state index contributed by atoms with van der Waals surface area (Å²) in [5.41, 5.74) is 1.43. The Morgan fingerprint density at radius 1 is 1.20 bits per heavy atom. The van der Waals surface area contributed by atoms with Crippen LogP contribution in [0.1, 0.15) is 17.5 Å². The molecule has 132 valence electrons. The smallest absolute Gasteiger partial charge is 0.307 e. The standard InChI is InChI=1S/C20H22O5/c1-23-12-14-10-16(8-9-18(14)24-2)25-13-20(11-17(20)19(21)22)15-6-4-3-5-7-15/h3-10,17H,11-13H2,1-2H3,(H,21,22). The van der Waals surface area contributed by atoms with Gasteiger partial charge in [-0.2, -0.15) is 0 Å². The zero-order valence-corrected chi connectivity index (χ0v) is 14.4. The van der Waals surface area contributed by atoms with Crippen LogP contribution in [0.2, 0.25) is 0 Å². The van der Waals surface area contributed by atoms with E-state index in [1.54, 1.807) is 14.2 Å². The topological polar surface area (TPSA) is 65.0 Å². The number of aliphatic carboxylic acids is 1. The summed E-state index contributed by atoms with van der Waals surface area (Å²) < 4.78 is 16.5. The number of hydrogen-bond donors (Lipinski definition) is 1. The van der Waals surface area contributed by atoms with Crippen LogP contribution in [-0.4, -0.2) is 31.9 Å². The molecule has 1 saturated carbocycles. The number of methoxy groups -OCH3 is 2. The molecule has 1 N–H and O–H groups in total. The molecule has 0 spiro atoms. The molecule has 2 atom stereocenters. The van der Waals surface area contributed by atoms with Crippen LogP contribution < -0.4 is 9.47 Å². The average molecular weight is 342 g/mol. The van der Waals surface area contributed by atoms with Gasteiger partial charge in [-0.15, -0.1) is 0 Å². The number of carbonyl (C=O) groups is 1. The van der Waals surface area contributed by atoms with Gasteiger partial charge in [-0.25, -0.2) is 0 Å². The fourth-order valence-corrected chi connectivity index (χ4v) is 3.29. The molecule has 0 radical (unpaired) electrons. The first-order valence-corrected chi connectivity index (χ1v) is 8.17. The SMILES string of the molecule is COCc1cc(OCC2(c3ccccc3)CC2C(=O)O)ccc1OC. The summed E-state index contributed by atoms with van der Waals surface area (Å²) in [5, 5.41) is 9.44. The Morgan fingerprint density at radius 2 is 1.96 bits per heavy atom. The lowest BCUT2D eigenvalue weighted by molar-refractivity contribution is -0.139. The van der Waals surface area contributed by atoms with Crippen molar-refractivity contribution in [3.63, 3.8) is 0 Å². The Balaban J connectivity index is 1.79. The third kappa shape index (κ3) is 3.46. The Bertz CT molecular complexity index is 743. The molecule has 0 saturated heterocycles. The molecule has 0 aromatic heterocycles. The van der Waals surface area contributed by atoms with Gasteiger partial charge in [0.1, 0.15) is 11.5 Å². The maximum atomic E-state index is 11.5. The van der Waals surface area contributed by atoms with Crippen molar-refractivity contribution in [2.24, 2.45) is 5.92 Å². The molecule has 1 aliphatic rings. The van der Waals surface area contributed by atoms with Crippen LogP contribution in [0.4, 0.5) is 0 Å². The summed E-state index contributed by atoms with van der Waals surface area (Å²) >= 11 is 0. The van der Waals surface area contributed by atoms with Crippen molar-refractivity contribution in [1.29, 1.82) is 0 Å². The van der Waals surface area contributed by atoms with E-state index >= 15 is 0 Å². The first-order chi connectivity index (χ1) is 12.1. The van der Waals surface area contributed by atoms with Crippen molar-refractivity contribution < 1.29 is 24.1 Å². The number of rotatable bonds is 8. The molecule has 0 bridgehead atoms. The molecule has 0 amide bonds. The van der Waals surface area contributed by atoms with Gasteiger partial charge < -0.3 is 19.3 Å². The molecule has 25 heavy (non-hydrogen) atoms. The molecular weight excluding hydrogens is 320 g/mol. The molecule has 0 aliphatic heterocycles. The maximum Gasteiger partial charge on any atom is 0.307 e. The quantitative estimate of drug-likeness (QED) is 0.798. The number of hydrogen-bond acceptors (Lipinski definition) is 4. The highest BCUT2D eigenvalue weighted by Crippen LogP contribution is 2.54. The normalized spacial score (nSPS) is 21.6. The second-order valence-electron chi connectivity index (χ2n) is 6.31. The Labute approximate surface area is 147 Å². The van der Waals surface area contributed by atoms with Crippen LogP contribution in [0.15, 0.2) is 48.5 Å². The third-order valence-electron chi connectivity index (χ3n) is 4.77. The minimum Gasteiger partial charge on any atom is -0.496 e. The summed E-state index contributed by atoms with van der Waals surface area (Å²) in [6.45, 7) is 0.745. The Morgan fingerprint density at radius 3 is 2.56 bits per heavy atom. The van der Waals surface area contributed by atoms with Gasteiger partial charge >= 0.3 is 5.97 Å². The second kappa shape index (κ2) is 7.15.